The SMILES string of the molecule is CCc1nc(N)nc(N)c1-c1cn(CCCOc2ccc(Cl)cc2)nn1. The first-order valence-electron chi connectivity index (χ1n) is 8.27. The molecule has 0 bridgehead atoms. The van der Waals surface area contributed by atoms with Crippen LogP contribution in [0.15, 0.2) is 30.5 Å². The first-order chi connectivity index (χ1) is 12.6. The Morgan fingerprint density at radius 2 is 1.92 bits per heavy atom. The molecular formula is C17H20ClN7O. The third-order valence-corrected chi connectivity index (χ3v) is 4.02. The summed E-state index contributed by atoms with van der Waals surface area (Å²) in [7, 11) is 0. The van der Waals surface area contributed by atoms with Crippen molar-refractivity contribution in [3.8, 4) is 17.0 Å². The molecule has 0 spiro atoms. The van der Waals surface area contributed by atoms with E-state index in [1.54, 1.807) is 16.8 Å². The minimum atomic E-state index is 0.162. The van der Waals surface area contributed by atoms with Crippen molar-refractivity contribution < 1.29 is 4.74 Å². The van der Waals surface area contributed by atoms with Gasteiger partial charge in [0.05, 0.1) is 24.1 Å². The summed E-state index contributed by atoms with van der Waals surface area (Å²) in [6.07, 6.45) is 3.28. The lowest BCUT2D eigenvalue weighted by Crippen LogP contribution is -2.06. The molecule has 1 aromatic carbocycles. The molecule has 0 radical (unpaired) electrons. The number of rotatable bonds is 7. The van der Waals surface area contributed by atoms with Crippen LogP contribution < -0.4 is 16.2 Å². The lowest BCUT2D eigenvalue weighted by atomic mass is 10.1. The van der Waals surface area contributed by atoms with Gasteiger partial charge in [-0.15, -0.1) is 5.10 Å². The van der Waals surface area contributed by atoms with Crippen LogP contribution in [-0.4, -0.2) is 31.6 Å². The van der Waals surface area contributed by atoms with Gasteiger partial charge < -0.3 is 16.2 Å². The highest BCUT2D eigenvalue weighted by Gasteiger charge is 2.15. The lowest BCUT2D eigenvalue weighted by Gasteiger charge is -2.07. The van der Waals surface area contributed by atoms with Gasteiger partial charge in [-0.1, -0.05) is 23.7 Å². The van der Waals surface area contributed by atoms with Crippen LogP contribution in [0.25, 0.3) is 11.3 Å². The third-order valence-electron chi connectivity index (χ3n) is 3.77. The Labute approximate surface area is 156 Å². The molecule has 0 saturated heterocycles. The smallest absolute Gasteiger partial charge is 0.222 e. The van der Waals surface area contributed by atoms with Crippen LogP contribution in [-0.2, 0) is 13.0 Å². The third kappa shape index (κ3) is 4.20. The molecule has 3 aromatic rings. The second-order valence-corrected chi connectivity index (χ2v) is 6.10. The summed E-state index contributed by atoms with van der Waals surface area (Å²) in [5.74, 6) is 1.26. The number of hydrogen-bond donors (Lipinski definition) is 2. The van der Waals surface area contributed by atoms with E-state index in [2.05, 4.69) is 20.3 Å². The van der Waals surface area contributed by atoms with Gasteiger partial charge in [-0.2, -0.15) is 4.98 Å². The minimum absolute atomic E-state index is 0.162. The maximum Gasteiger partial charge on any atom is 0.222 e. The number of ether oxygens (including phenoxy) is 1. The number of aromatic nitrogens is 5. The zero-order chi connectivity index (χ0) is 18.5. The van der Waals surface area contributed by atoms with E-state index in [9.17, 15) is 0 Å². The molecule has 0 fully saturated rings. The Morgan fingerprint density at radius 1 is 1.15 bits per heavy atom. The Kier molecular flexibility index (Phi) is 5.52. The van der Waals surface area contributed by atoms with Crippen molar-refractivity contribution in [2.24, 2.45) is 0 Å². The fourth-order valence-electron chi connectivity index (χ4n) is 2.55. The first kappa shape index (κ1) is 17.9. The van der Waals surface area contributed by atoms with Gasteiger partial charge in [-0.25, -0.2) is 4.98 Å². The van der Waals surface area contributed by atoms with Gasteiger partial charge in [0.15, 0.2) is 0 Å². The number of nitrogens with zero attached hydrogens (tertiary/aromatic N) is 5. The van der Waals surface area contributed by atoms with Crippen molar-refractivity contribution in [2.75, 3.05) is 18.1 Å². The number of nitrogen functional groups attached to an aromatic ring is 2. The molecular weight excluding hydrogens is 354 g/mol. The van der Waals surface area contributed by atoms with Crippen LogP contribution in [0.3, 0.4) is 0 Å². The molecule has 0 saturated carbocycles. The largest absolute Gasteiger partial charge is 0.494 e. The fraction of sp³-hybridized carbons (Fsp3) is 0.294. The molecule has 0 aliphatic rings. The highest BCUT2D eigenvalue weighted by Crippen LogP contribution is 2.26. The van der Waals surface area contributed by atoms with Crippen LogP contribution in [0, 0.1) is 0 Å². The number of benzene rings is 1. The Hall–Kier alpha value is -2.87. The fourth-order valence-corrected chi connectivity index (χ4v) is 2.68. The molecule has 0 atom stereocenters. The van der Waals surface area contributed by atoms with E-state index in [1.807, 2.05) is 25.3 Å². The van der Waals surface area contributed by atoms with Crippen molar-refractivity contribution in [1.82, 2.24) is 25.0 Å². The molecule has 26 heavy (non-hydrogen) atoms. The predicted molar refractivity (Wildman–Crippen MR) is 101 cm³/mol. The van der Waals surface area contributed by atoms with Crippen molar-refractivity contribution in [3.63, 3.8) is 0 Å². The average Bonchev–Trinajstić information content (AvgIpc) is 3.08. The van der Waals surface area contributed by atoms with Crippen molar-refractivity contribution in [1.29, 1.82) is 0 Å². The lowest BCUT2D eigenvalue weighted by molar-refractivity contribution is 0.298. The van der Waals surface area contributed by atoms with Crippen LogP contribution >= 0.6 is 11.6 Å². The maximum absolute atomic E-state index is 6.00. The van der Waals surface area contributed by atoms with E-state index in [0.717, 1.165) is 17.9 Å². The van der Waals surface area contributed by atoms with Crippen LogP contribution in [0.5, 0.6) is 5.75 Å². The van der Waals surface area contributed by atoms with E-state index in [1.165, 1.54) is 0 Å². The van der Waals surface area contributed by atoms with Crippen LogP contribution in [0.2, 0.25) is 5.02 Å². The van der Waals surface area contributed by atoms with Crippen LogP contribution in [0.1, 0.15) is 19.0 Å². The summed E-state index contributed by atoms with van der Waals surface area (Å²) in [5, 5.41) is 9.01. The molecule has 8 nitrogen and oxygen atoms in total. The summed E-state index contributed by atoms with van der Waals surface area (Å²) >= 11 is 5.85. The second-order valence-electron chi connectivity index (χ2n) is 5.67. The Balaban J connectivity index is 1.61. The van der Waals surface area contributed by atoms with Gasteiger partial charge in [0.1, 0.15) is 17.3 Å². The van der Waals surface area contributed by atoms with E-state index in [0.29, 0.717) is 41.7 Å². The molecule has 2 heterocycles. The monoisotopic (exact) mass is 373 g/mol. The normalized spacial score (nSPS) is 10.8. The van der Waals surface area contributed by atoms with Gasteiger partial charge in [0, 0.05) is 18.0 Å². The minimum Gasteiger partial charge on any atom is -0.494 e. The number of hydrogen-bond acceptors (Lipinski definition) is 7. The van der Waals surface area contributed by atoms with Gasteiger partial charge in [-0.05, 0) is 30.7 Å². The predicted octanol–water partition coefficient (Wildman–Crippen LogP) is 2.58. The van der Waals surface area contributed by atoms with E-state index >= 15 is 0 Å². The molecule has 0 aliphatic carbocycles. The topological polar surface area (TPSA) is 118 Å². The molecule has 0 unspecified atom stereocenters. The zero-order valence-electron chi connectivity index (χ0n) is 14.4. The van der Waals surface area contributed by atoms with E-state index in [4.69, 9.17) is 27.8 Å². The van der Waals surface area contributed by atoms with Gasteiger partial charge >= 0.3 is 0 Å². The first-order valence-corrected chi connectivity index (χ1v) is 8.65. The molecule has 2 aromatic heterocycles. The zero-order valence-corrected chi connectivity index (χ0v) is 15.1. The molecule has 9 heteroatoms. The summed E-state index contributed by atoms with van der Waals surface area (Å²) in [5.41, 5.74) is 13.7. The van der Waals surface area contributed by atoms with E-state index in [-0.39, 0.29) is 5.95 Å². The number of nitrogens with two attached hydrogens (primary N) is 2. The van der Waals surface area contributed by atoms with Crippen LogP contribution in [0.4, 0.5) is 11.8 Å². The highest BCUT2D eigenvalue weighted by atomic mass is 35.5. The molecule has 4 N–H and O–H groups in total. The van der Waals surface area contributed by atoms with Crippen molar-refractivity contribution >= 4 is 23.4 Å². The van der Waals surface area contributed by atoms with Gasteiger partial charge in [0.2, 0.25) is 5.95 Å². The summed E-state index contributed by atoms with van der Waals surface area (Å²) < 4.78 is 7.41. The van der Waals surface area contributed by atoms with Gasteiger partial charge in [0.25, 0.3) is 0 Å². The highest BCUT2D eigenvalue weighted by molar-refractivity contribution is 6.30. The standard InChI is InChI=1S/C17H20ClN7O/c1-2-13-15(16(19)22-17(20)21-13)14-10-25(24-23-14)8-3-9-26-12-6-4-11(18)5-7-12/h4-7,10H,2-3,8-9H2,1H3,(H4,19,20,21,22). The number of halogens is 1. The second kappa shape index (κ2) is 8.01. The maximum atomic E-state index is 6.00. The van der Waals surface area contributed by atoms with Crippen molar-refractivity contribution in [2.45, 2.75) is 26.3 Å². The molecule has 136 valence electrons. The molecule has 3 rings (SSSR count). The van der Waals surface area contributed by atoms with Gasteiger partial charge in [-0.3, -0.25) is 4.68 Å². The van der Waals surface area contributed by atoms with E-state index < -0.39 is 0 Å². The quantitative estimate of drug-likeness (QED) is 0.611. The molecule has 0 aliphatic heterocycles. The number of aryl methyl sites for hydroxylation is 2. The Morgan fingerprint density at radius 3 is 2.65 bits per heavy atom. The summed E-state index contributed by atoms with van der Waals surface area (Å²) in [4.78, 5) is 8.25. The number of anilines is 2. The Bertz CT molecular complexity index is 879. The summed E-state index contributed by atoms with van der Waals surface area (Å²) in [6, 6.07) is 7.27. The van der Waals surface area contributed by atoms with Crippen molar-refractivity contribution in [3.05, 3.63) is 41.2 Å². The molecule has 0 amide bonds. The summed E-state index contributed by atoms with van der Waals surface area (Å²) in [6.45, 7) is 3.20. The average molecular weight is 374 g/mol.